The van der Waals surface area contributed by atoms with Gasteiger partial charge in [-0.2, -0.15) is 0 Å². The number of fused-ring (bicyclic) bond motifs is 1. The Labute approximate surface area is 215 Å². The van der Waals surface area contributed by atoms with Gasteiger partial charge in [0, 0.05) is 42.0 Å². The number of aliphatic hydroxyl groups is 1. The molecule has 0 saturated heterocycles. The van der Waals surface area contributed by atoms with E-state index in [0.29, 0.717) is 22.2 Å². The molecule has 1 unspecified atom stereocenters. The molecule has 0 fully saturated rings. The molecule has 0 spiro atoms. The van der Waals surface area contributed by atoms with Crippen LogP contribution in [-0.4, -0.2) is 42.9 Å². The molecule has 3 aromatic carbocycles. The number of sulfonamides is 1. The number of nitrogens with zero attached hydrogens (tertiary/aromatic N) is 2. The fraction of sp³-hybridized carbons (Fsp3) is 0.214. The fourth-order valence-electron chi connectivity index (χ4n) is 4.20. The first-order valence-corrected chi connectivity index (χ1v) is 13.3. The second-order valence-electron chi connectivity index (χ2n) is 8.86. The molecule has 0 radical (unpaired) electrons. The van der Waals surface area contributed by atoms with Gasteiger partial charge in [0.25, 0.3) is 15.9 Å². The van der Waals surface area contributed by atoms with Crippen LogP contribution in [0.1, 0.15) is 35.7 Å². The van der Waals surface area contributed by atoms with Crippen LogP contribution in [-0.2, 0) is 15.6 Å². The van der Waals surface area contributed by atoms with Crippen molar-refractivity contribution in [2.75, 3.05) is 18.3 Å². The number of carbonyl (C=O) groups is 1. The monoisotopic (exact) mass is 521 g/mol. The van der Waals surface area contributed by atoms with Crippen LogP contribution >= 0.6 is 0 Å². The van der Waals surface area contributed by atoms with Gasteiger partial charge in [-0.05, 0) is 55.3 Å². The van der Waals surface area contributed by atoms with E-state index in [2.05, 4.69) is 9.71 Å². The summed E-state index contributed by atoms with van der Waals surface area (Å²) in [5, 5.41) is 11.7. The van der Waals surface area contributed by atoms with Crippen LogP contribution in [0.4, 0.5) is 10.1 Å². The van der Waals surface area contributed by atoms with Gasteiger partial charge in [0.2, 0.25) is 0 Å². The first kappa shape index (κ1) is 26.2. The van der Waals surface area contributed by atoms with Crippen molar-refractivity contribution in [1.82, 2.24) is 9.88 Å². The average Bonchev–Trinajstić information content (AvgIpc) is 2.91. The molecule has 0 aliphatic carbocycles. The molecule has 9 heteroatoms. The normalized spacial score (nSPS) is 13.2. The SMILES string of the molecule is CCC(O)(CCN(C)C(=O)c1ccc(NS(=O)(=O)c2cccc3cccnc23)cc1)c1ccccc1F. The predicted molar refractivity (Wildman–Crippen MR) is 141 cm³/mol. The molecule has 0 saturated carbocycles. The lowest BCUT2D eigenvalue weighted by atomic mass is 9.87. The topological polar surface area (TPSA) is 99.6 Å². The van der Waals surface area contributed by atoms with Gasteiger partial charge in [0.05, 0.1) is 11.1 Å². The molecule has 1 aromatic heterocycles. The maximum absolute atomic E-state index is 14.3. The molecule has 0 aliphatic heterocycles. The second kappa shape index (κ2) is 10.7. The first-order valence-electron chi connectivity index (χ1n) is 11.8. The number of halogens is 1. The minimum absolute atomic E-state index is 0.0590. The van der Waals surface area contributed by atoms with Crippen molar-refractivity contribution in [2.24, 2.45) is 0 Å². The van der Waals surface area contributed by atoms with Gasteiger partial charge in [0.1, 0.15) is 10.7 Å². The van der Waals surface area contributed by atoms with Crippen molar-refractivity contribution >= 4 is 32.5 Å². The standard InChI is InChI=1S/C28H28FN3O4S/c1-3-28(34,23-10-4-5-11-24(23)29)17-19-32(2)27(33)21-13-15-22(16-14-21)31-37(35,36)25-12-6-8-20-9-7-18-30-26(20)25/h4-16,18,31,34H,3,17,19H2,1-2H3. The number of aromatic nitrogens is 1. The molecule has 7 nitrogen and oxygen atoms in total. The number of amides is 1. The molecule has 1 amide bonds. The van der Waals surface area contributed by atoms with Crippen LogP contribution in [0, 0.1) is 5.82 Å². The van der Waals surface area contributed by atoms with E-state index in [4.69, 9.17) is 0 Å². The molecule has 1 atom stereocenters. The molecular formula is C28H28FN3O4S. The summed E-state index contributed by atoms with van der Waals surface area (Å²) in [5.41, 5.74) is -0.182. The lowest BCUT2D eigenvalue weighted by Crippen LogP contribution is -2.35. The van der Waals surface area contributed by atoms with E-state index in [0.717, 1.165) is 0 Å². The number of pyridine rings is 1. The molecule has 4 aromatic rings. The third kappa shape index (κ3) is 5.63. The third-order valence-electron chi connectivity index (χ3n) is 6.44. The van der Waals surface area contributed by atoms with E-state index in [1.807, 2.05) is 0 Å². The summed E-state index contributed by atoms with van der Waals surface area (Å²) >= 11 is 0. The summed E-state index contributed by atoms with van der Waals surface area (Å²) in [6.07, 6.45) is 1.98. The van der Waals surface area contributed by atoms with E-state index < -0.39 is 21.4 Å². The number of rotatable bonds is 9. The molecule has 0 bridgehead atoms. The Morgan fingerprint density at radius 3 is 2.43 bits per heavy atom. The van der Waals surface area contributed by atoms with E-state index in [1.54, 1.807) is 56.4 Å². The van der Waals surface area contributed by atoms with Crippen molar-refractivity contribution in [3.63, 3.8) is 0 Å². The maximum Gasteiger partial charge on any atom is 0.264 e. The highest BCUT2D eigenvalue weighted by Gasteiger charge is 2.30. The number of hydrogen-bond donors (Lipinski definition) is 2. The smallest absolute Gasteiger partial charge is 0.264 e. The highest BCUT2D eigenvalue weighted by atomic mass is 32.2. The predicted octanol–water partition coefficient (Wildman–Crippen LogP) is 4.93. The van der Waals surface area contributed by atoms with Crippen LogP contribution in [0.5, 0.6) is 0 Å². The lowest BCUT2D eigenvalue weighted by Gasteiger charge is -2.30. The van der Waals surface area contributed by atoms with E-state index >= 15 is 0 Å². The van der Waals surface area contributed by atoms with Gasteiger partial charge in [0.15, 0.2) is 0 Å². The van der Waals surface area contributed by atoms with E-state index in [-0.39, 0.29) is 35.8 Å². The number of benzene rings is 3. The van der Waals surface area contributed by atoms with Crippen LogP contribution < -0.4 is 4.72 Å². The van der Waals surface area contributed by atoms with Gasteiger partial charge in [-0.1, -0.05) is 43.3 Å². The quantitative estimate of drug-likeness (QED) is 0.325. The Hall–Kier alpha value is -3.82. The second-order valence-corrected chi connectivity index (χ2v) is 10.5. The first-order chi connectivity index (χ1) is 17.6. The van der Waals surface area contributed by atoms with Gasteiger partial charge in [-0.25, -0.2) is 12.8 Å². The van der Waals surface area contributed by atoms with Gasteiger partial charge in [-0.15, -0.1) is 0 Å². The summed E-state index contributed by atoms with van der Waals surface area (Å²) in [7, 11) is -2.31. The minimum Gasteiger partial charge on any atom is -0.385 e. The molecule has 192 valence electrons. The van der Waals surface area contributed by atoms with Crippen LogP contribution in [0.15, 0.2) is 90.0 Å². The van der Waals surface area contributed by atoms with Crippen molar-refractivity contribution in [2.45, 2.75) is 30.3 Å². The van der Waals surface area contributed by atoms with Crippen molar-refractivity contribution in [1.29, 1.82) is 0 Å². The Bertz CT molecular complexity index is 1520. The zero-order chi connectivity index (χ0) is 26.6. The highest BCUT2D eigenvalue weighted by molar-refractivity contribution is 7.93. The molecular weight excluding hydrogens is 493 g/mol. The summed E-state index contributed by atoms with van der Waals surface area (Å²) < 4.78 is 42.8. The number of para-hydroxylation sites is 1. The summed E-state index contributed by atoms with van der Waals surface area (Å²) in [5.74, 6) is -0.794. The Balaban J connectivity index is 1.44. The number of hydrogen-bond acceptors (Lipinski definition) is 5. The molecule has 1 heterocycles. The van der Waals surface area contributed by atoms with Crippen LogP contribution in [0.25, 0.3) is 10.9 Å². The molecule has 4 rings (SSSR count). The highest BCUT2D eigenvalue weighted by Crippen LogP contribution is 2.31. The number of anilines is 1. The summed E-state index contributed by atoms with van der Waals surface area (Å²) in [6, 6.07) is 20.6. The average molecular weight is 522 g/mol. The van der Waals surface area contributed by atoms with Gasteiger partial charge >= 0.3 is 0 Å². The molecule has 0 aliphatic rings. The zero-order valence-corrected chi connectivity index (χ0v) is 21.4. The largest absolute Gasteiger partial charge is 0.385 e. The van der Waals surface area contributed by atoms with Gasteiger partial charge < -0.3 is 10.0 Å². The summed E-state index contributed by atoms with van der Waals surface area (Å²) in [4.78, 5) is 18.6. The van der Waals surface area contributed by atoms with Gasteiger partial charge in [-0.3, -0.25) is 14.5 Å². The number of nitrogens with one attached hydrogen (secondary N) is 1. The minimum atomic E-state index is -3.91. The van der Waals surface area contributed by atoms with Crippen molar-refractivity contribution < 1.29 is 22.7 Å². The zero-order valence-electron chi connectivity index (χ0n) is 20.6. The Kier molecular flexibility index (Phi) is 7.56. The Morgan fingerprint density at radius 1 is 1.03 bits per heavy atom. The van der Waals surface area contributed by atoms with E-state index in [1.165, 1.54) is 47.5 Å². The third-order valence-corrected chi connectivity index (χ3v) is 7.85. The fourth-order valence-corrected chi connectivity index (χ4v) is 5.44. The van der Waals surface area contributed by atoms with Crippen molar-refractivity contribution in [3.8, 4) is 0 Å². The van der Waals surface area contributed by atoms with Crippen LogP contribution in [0.3, 0.4) is 0 Å². The number of carbonyl (C=O) groups excluding carboxylic acids is 1. The lowest BCUT2D eigenvalue weighted by molar-refractivity contribution is 0.0125. The van der Waals surface area contributed by atoms with Crippen molar-refractivity contribution in [3.05, 3.63) is 102 Å². The Morgan fingerprint density at radius 2 is 1.73 bits per heavy atom. The molecule has 2 N–H and O–H groups in total. The molecule has 37 heavy (non-hydrogen) atoms. The van der Waals surface area contributed by atoms with E-state index in [9.17, 15) is 22.7 Å². The maximum atomic E-state index is 14.3. The summed E-state index contributed by atoms with van der Waals surface area (Å²) in [6.45, 7) is 1.96. The van der Waals surface area contributed by atoms with Crippen LogP contribution in [0.2, 0.25) is 0 Å².